The van der Waals surface area contributed by atoms with Crippen LogP contribution in [0.5, 0.6) is 0 Å². The van der Waals surface area contributed by atoms with Gasteiger partial charge in [-0.3, -0.25) is 0 Å². The van der Waals surface area contributed by atoms with Gasteiger partial charge in [0.2, 0.25) is 0 Å². The van der Waals surface area contributed by atoms with Gasteiger partial charge >= 0.3 is 0 Å². The van der Waals surface area contributed by atoms with E-state index >= 15 is 0 Å². The molecule has 2 unspecified atom stereocenters. The quantitative estimate of drug-likeness (QED) is 0.183. The first kappa shape index (κ1) is 32.8. The SMILES string of the molecule is OC1(c2ccc(-c3ccccc3)cc2-c2ccccc2)c2ccccc2C(c2ccc(-c3ccccc3)cc2-c2ccccc2)c2cc3ccccc3cc21. The van der Waals surface area contributed by atoms with Crippen molar-refractivity contribution in [2.24, 2.45) is 0 Å². The highest BCUT2D eigenvalue weighted by molar-refractivity contribution is 5.88. The van der Waals surface area contributed by atoms with Crippen molar-refractivity contribution in [2.75, 3.05) is 0 Å². The molecular formula is C54H38O. The molecule has 0 radical (unpaired) electrons. The van der Waals surface area contributed by atoms with Crippen molar-refractivity contribution < 1.29 is 5.11 Å². The minimum atomic E-state index is -1.45. The summed E-state index contributed by atoms with van der Waals surface area (Å²) >= 11 is 0. The van der Waals surface area contributed by atoms with Crippen LogP contribution in [0.4, 0.5) is 0 Å². The normalized spacial score (nSPS) is 16.0. The highest BCUT2D eigenvalue weighted by Crippen LogP contribution is 2.55. The summed E-state index contributed by atoms with van der Waals surface area (Å²) in [6, 6.07) is 77.5. The van der Waals surface area contributed by atoms with Crippen LogP contribution < -0.4 is 0 Å². The standard InChI is InChI=1S/C54H38O/c55-54(51-32-30-44(38-19-7-2-8-20-38)34-48(51)40-23-11-4-12-24-40)50-28-16-15-27-46(50)53(49-35-41-25-13-14-26-42(41)36-52(49)54)45-31-29-43(37-17-5-1-6-18-37)33-47(45)39-21-9-3-10-22-39/h1-36,53,55H. The summed E-state index contributed by atoms with van der Waals surface area (Å²) in [6.45, 7) is 0. The zero-order chi connectivity index (χ0) is 36.8. The van der Waals surface area contributed by atoms with Crippen LogP contribution in [0.3, 0.4) is 0 Å². The average Bonchev–Trinajstić information content (AvgIpc) is 3.27. The maximum Gasteiger partial charge on any atom is 0.141 e. The monoisotopic (exact) mass is 702 g/mol. The number of benzene rings is 9. The lowest BCUT2D eigenvalue weighted by atomic mass is 9.63. The maximum absolute atomic E-state index is 14.0. The second-order valence-electron chi connectivity index (χ2n) is 14.5. The van der Waals surface area contributed by atoms with Gasteiger partial charge in [-0.2, -0.15) is 0 Å². The molecule has 1 aliphatic rings. The zero-order valence-electron chi connectivity index (χ0n) is 30.3. The highest BCUT2D eigenvalue weighted by atomic mass is 16.3. The molecule has 2 atom stereocenters. The molecule has 1 heteroatoms. The van der Waals surface area contributed by atoms with Crippen LogP contribution in [0.2, 0.25) is 0 Å². The van der Waals surface area contributed by atoms with Crippen LogP contribution in [-0.4, -0.2) is 5.11 Å². The minimum absolute atomic E-state index is 0.139. The van der Waals surface area contributed by atoms with E-state index in [1.165, 1.54) is 27.8 Å². The fourth-order valence-electron chi connectivity index (χ4n) is 8.84. The lowest BCUT2D eigenvalue weighted by Gasteiger charge is -2.42. The Balaban J connectivity index is 1.27. The van der Waals surface area contributed by atoms with Crippen molar-refractivity contribution in [1.29, 1.82) is 0 Å². The third kappa shape index (κ3) is 5.60. The van der Waals surface area contributed by atoms with E-state index in [9.17, 15) is 5.11 Å². The van der Waals surface area contributed by atoms with Gasteiger partial charge < -0.3 is 5.11 Å². The Morgan fingerprint density at radius 1 is 0.291 bits per heavy atom. The first-order valence-electron chi connectivity index (χ1n) is 19.0. The van der Waals surface area contributed by atoms with Crippen molar-refractivity contribution in [3.8, 4) is 44.5 Å². The second kappa shape index (κ2) is 13.6. The topological polar surface area (TPSA) is 20.2 Å². The molecule has 0 saturated heterocycles. The molecule has 10 rings (SSSR count). The minimum Gasteiger partial charge on any atom is -0.376 e. The summed E-state index contributed by atoms with van der Waals surface area (Å²) in [5, 5.41) is 16.2. The van der Waals surface area contributed by atoms with Gasteiger partial charge in [0.1, 0.15) is 5.60 Å². The van der Waals surface area contributed by atoms with Crippen molar-refractivity contribution in [1.82, 2.24) is 0 Å². The van der Waals surface area contributed by atoms with Crippen LogP contribution in [0.1, 0.15) is 39.3 Å². The largest absolute Gasteiger partial charge is 0.376 e. The van der Waals surface area contributed by atoms with Gasteiger partial charge in [-0.25, -0.2) is 0 Å². The number of fused-ring (bicyclic) bond motifs is 3. The molecule has 0 amide bonds. The van der Waals surface area contributed by atoms with Crippen LogP contribution >= 0.6 is 0 Å². The molecule has 9 aromatic carbocycles. The second-order valence-corrected chi connectivity index (χ2v) is 14.5. The molecule has 0 fully saturated rings. The summed E-state index contributed by atoms with van der Waals surface area (Å²) in [5.41, 5.74) is 13.7. The average molecular weight is 703 g/mol. The summed E-state index contributed by atoms with van der Waals surface area (Å²) < 4.78 is 0. The Morgan fingerprint density at radius 2 is 0.764 bits per heavy atom. The third-order valence-electron chi connectivity index (χ3n) is 11.4. The fraction of sp³-hybridized carbons (Fsp3) is 0.0370. The Hall–Kier alpha value is -6.80. The van der Waals surface area contributed by atoms with E-state index in [1.807, 2.05) is 12.1 Å². The van der Waals surface area contributed by atoms with Crippen molar-refractivity contribution in [3.63, 3.8) is 0 Å². The van der Waals surface area contributed by atoms with Gasteiger partial charge in [0, 0.05) is 11.5 Å². The molecule has 1 aliphatic carbocycles. The van der Waals surface area contributed by atoms with Crippen LogP contribution in [0.25, 0.3) is 55.3 Å². The molecule has 0 heterocycles. The maximum atomic E-state index is 14.0. The van der Waals surface area contributed by atoms with Gasteiger partial charge in [0.15, 0.2) is 0 Å². The number of hydrogen-bond acceptors (Lipinski definition) is 1. The smallest absolute Gasteiger partial charge is 0.141 e. The van der Waals surface area contributed by atoms with Crippen molar-refractivity contribution in [3.05, 3.63) is 252 Å². The molecule has 1 N–H and O–H groups in total. The van der Waals surface area contributed by atoms with E-state index in [1.54, 1.807) is 0 Å². The van der Waals surface area contributed by atoms with E-state index in [0.29, 0.717) is 0 Å². The van der Waals surface area contributed by atoms with Crippen LogP contribution in [-0.2, 0) is 5.60 Å². The third-order valence-corrected chi connectivity index (χ3v) is 11.4. The fourth-order valence-corrected chi connectivity index (χ4v) is 8.84. The first-order valence-corrected chi connectivity index (χ1v) is 19.0. The molecule has 9 aromatic rings. The molecule has 0 aromatic heterocycles. The van der Waals surface area contributed by atoms with Gasteiger partial charge in [0.05, 0.1) is 0 Å². The Morgan fingerprint density at radius 3 is 1.38 bits per heavy atom. The zero-order valence-corrected chi connectivity index (χ0v) is 30.3. The molecule has 55 heavy (non-hydrogen) atoms. The van der Waals surface area contributed by atoms with E-state index in [-0.39, 0.29) is 5.92 Å². The van der Waals surface area contributed by atoms with Crippen molar-refractivity contribution in [2.45, 2.75) is 11.5 Å². The first-order chi connectivity index (χ1) is 27.2. The number of aliphatic hydroxyl groups is 1. The van der Waals surface area contributed by atoms with Gasteiger partial charge in [-0.1, -0.05) is 194 Å². The van der Waals surface area contributed by atoms with E-state index in [2.05, 4.69) is 206 Å². The highest BCUT2D eigenvalue weighted by Gasteiger charge is 2.46. The van der Waals surface area contributed by atoms with Gasteiger partial charge in [0.25, 0.3) is 0 Å². The Bertz CT molecular complexity index is 2810. The predicted octanol–water partition coefficient (Wildman–Crippen LogP) is 13.3. The van der Waals surface area contributed by atoms with E-state index in [0.717, 1.165) is 60.8 Å². The molecular weight excluding hydrogens is 665 g/mol. The van der Waals surface area contributed by atoms with E-state index in [4.69, 9.17) is 0 Å². The lowest BCUT2D eigenvalue weighted by molar-refractivity contribution is 0.121. The van der Waals surface area contributed by atoms with Crippen molar-refractivity contribution >= 4 is 10.8 Å². The molecule has 0 bridgehead atoms. The lowest BCUT2D eigenvalue weighted by Crippen LogP contribution is -2.37. The molecule has 0 saturated carbocycles. The van der Waals surface area contributed by atoms with E-state index < -0.39 is 5.60 Å². The summed E-state index contributed by atoms with van der Waals surface area (Å²) in [5.74, 6) is -0.139. The number of hydrogen-bond donors (Lipinski definition) is 1. The summed E-state index contributed by atoms with van der Waals surface area (Å²) in [4.78, 5) is 0. The van der Waals surface area contributed by atoms with Crippen LogP contribution in [0, 0.1) is 0 Å². The Kier molecular flexibility index (Phi) is 8.09. The molecule has 0 aliphatic heterocycles. The molecule has 1 nitrogen and oxygen atoms in total. The number of rotatable bonds is 6. The Labute approximate surface area is 322 Å². The molecule has 260 valence electrons. The van der Waals surface area contributed by atoms with Crippen LogP contribution in [0.15, 0.2) is 218 Å². The predicted molar refractivity (Wildman–Crippen MR) is 228 cm³/mol. The summed E-state index contributed by atoms with van der Waals surface area (Å²) in [6.07, 6.45) is 0. The van der Waals surface area contributed by atoms with Gasteiger partial charge in [-0.05, 0) is 107 Å². The molecule has 0 spiro atoms. The summed E-state index contributed by atoms with van der Waals surface area (Å²) in [7, 11) is 0. The van der Waals surface area contributed by atoms with Gasteiger partial charge in [-0.15, -0.1) is 0 Å².